The van der Waals surface area contributed by atoms with Gasteiger partial charge in [0, 0.05) is 7.05 Å². The van der Waals surface area contributed by atoms with Crippen molar-refractivity contribution >= 4 is 18.0 Å². The Morgan fingerprint density at radius 2 is 1.94 bits per heavy atom. The highest BCUT2D eigenvalue weighted by atomic mass is 16.5. The van der Waals surface area contributed by atoms with Crippen molar-refractivity contribution in [3.05, 3.63) is 0 Å². The molecule has 0 bridgehead atoms. The second kappa shape index (κ2) is 6.72. The van der Waals surface area contributed by atoms with Gasteiger partial charge in [-0.05, 0) is 13.3 Å². The van der Waals surface area contributed by atoms with E-state index < -0.39 is 30.1 Å². The van der Waals surface area contributed by atoms with Crippen LogP contribution < -0.4 is 5.32 Å². The summed E-state index contributed by atoms with van der Waals surface area (Å²) in [6, 6.07) is -2.36. The lowest BCUT2D eigenvalue weighted by molar-refractivity contribution is -0.142. The predicted molar refractivity (Wildman–Crippen MR) is 59.5 cm³/mol. The summed E-state index contributed by atoms with van der Waals surface area (Å²) < 4.78 is 4.44. The summed E-state index contributed by atoms with van der Waals surface area (Å²) in [6.45, 7) is 3.12. The van der Waals surface area contributed by atoms with Crippen LogP contribution in [0.5, 0.6) is 0 Å². The lowest BCUT2D eigenvalue weighted by atomic mass is 10.2. The first-order chi connectivity index (χ1) is 7.84. The quantitative estimate of drug-likeness (QED) is 0.668. The Labute approximate surface area is 99.7 Å². The number of esters is 1. The van der Waals surface area contributed by atoms with Gasteiger partial charge in [0.1, 0.15) is 12.1 Å². The molecule has 2 amide bonds. The van der Waals surface area contributed by atoms with Crippen LogP contribution in [0.4, 0.5) is 4.79 Å². The van der Waals surface area contributed by atoms with Crippen LogP contribution in [0.3, 0.4) is 0 Å². The summed E-state index contributed by atoms with van der Waals surface area (Å²) in [7, 11) is 2.57. The van der Waals surface area contributed by atoms with Gasteiger partial charge in [-0.25, -0.2) is 14.4 Å². The number of nitrogens with zero attached hydrogens (tertiary/aromatic N) is 1. The first-order valence-electron chi connectivity index (χ1n) is 5.19. The molecule has 0 radical (unpaired) electrons. The molecular formula is C10H18N2O5. The van der Waals surface area contributed by atoms with Crippen LogP contribution in [-0.2, 0) is 14.3 Å². The molecule has 0 aliphatic rings. The monoisotopic (exact) mass is 246 g/mol. The molecule has 0 aliphatic carbocycles. The molecule has 0 rings (SSSR count). The van der Waals surface area contributed by atoms with E-state index in [1.807, 2.05) is 0 Å². The third-order valence-electron chi connectivity index (χ3n) is 2.35. The van der Waals surface area contributed by atoms with Crippen LogP contribution in [0.2, 0.25) is 0 Å². The number of likely N-dealkylation sites (N-methyl/N-ethyl adjacent to an activating group) is 1. The maximum Gasteiger partial charge on any atom is 0.328 e. The number of carboxylic acids is 1. The molecule has 0 saturated carbocycles. The number of amides is 2. The molecule has 7 nitrogen and oxygen atoms in total. The molecule has 0 saturated heterocycles. The van der Waals surface area contributed by atoms with E-state index in [9.17, 15) is 14.4 Å². The van der Waals surface area contributed by atoms with Crippen LogP contribution in [-0.4, -0.2) is 54.2 Å². The maximum atomic E-state index is 11.6. The van der Waals surface area contributed by atoms with Gasteiger partial charge in [-0.1, -0.05) is 6.92 Å². The first kappa shape index (κ1) is 15.2. The maximum absolute atomic E-state index is 11.6. The van der Waals surface area contributed by atoms with Crippen molar-refractivity contribution in [2.75, 3.05) is 14.2 Å². The zero-order valence-corrected chi connectivity index (χ0v) is 10.4. The Bertz CT molecular complexity index is 305. The molecule has 0 aromatic heterocycles. The zero-order valence-electron chi connectivity index (χ0n) is 10.4. The number of hydrogen-bond acceptors (Lipinski definition) is 4. The van der Waals surface area contributed by atoms with E-state index in [1.165, 1.54) is 21.1 Å². The number of carboxylic acid groups (broad SMARTS) is 1. The van der Waals surface area contributed by atoms with Crippen LogP contribution in [0, 0.1) is 0 Å². The lowest BCUT2D eigenvalue weighted by Gasteiger charge is -2.25. The highest BCUT2D eigenvalue weighted by Crippen LogP contribution is 2.02. The molecule has 7 heteroatoms. The number of carbonyl (C=O) groups excluding carboxylic acids is 2. The average Bonchev–Trinajstić information content (AvgIpc) is 2.27. The van der Waals surface area contributed by atoms with Crippen molar-refractivity contribution in [2.45, 2.75) is 32.4 Å². The Morgan fingerprint density at radius 3 is 2.29 bits per heavy atom. The van der Waals surface area contributed by atoms with Gasteiger partial charge in [-0.2, -0.15) is 0 Å². The molecule has 0 spiro atoms. The number of nitrogens with one attached hydrogen (secondary N) is 1. The minimum absolute atomic E-state index is 0.284. The Balaban J connectivity index is 4.50. The number of hydrogen-bond donors (Lipinski definition) is 2. The zero-order chi connectivity index (χ0) is 13.6. The SMILES string of the molecule is CCC(C(=O)O)N(C)C(=O)NC(C)C(=O)OC. The number of carbonyl (C=O) groups is 3. The summed E-state index contributed by atoms with van der Waals surface area (Å²) in [5.74, 6) is -1.68. The fourth-order valence-electron chi connectivity index (χ4n) is 1.28. The van der Waals surface area contributed by atoms with E-state index in [-0.39, 0.29) is 6.42 Å². The number of urea groups is 1. The van der Waals surface area contributed by atoms with E-state index in [1.54, 1.807) is 6.92 Å². The minimum Gasteiger partial charge on any atom is -0.480 e. The van der Waals surface area contributed by atoms with E-state index >= 15 is 0 Å². The van der Waals surface area contributed by atoms with Gasteiger partial charge >= 0.3 is 18.0 Å². The van der Waals surface area contributed by atoms with Gasteiger partial charge in [0.05, 0.1) is 7.11 Å². The molecule has 98 valence electrons. The Morgan fingerprint density at radius 1 is 1.41 bits per heavy atom. The van der Waals surface area contributed by atoms with Crippen molar-refractivity contribution < 1.29 is 24.2 Å². The Kier molecular flexibility index (Phi) is 6.01. The fraction of sp³-hybridized carbons (Fsp3) is 0.700. The third kappa shape index (κ3) is 4.29. The highest BCUT2D eigenvalue weighted by molar-refractivity contribution is 5.86. The van der Waals surface area contributed by atoms with Crippen LogP contribution in [0.25, 0.3) is 0 Å². The van der Waals surface area contributed by atoms with Gasteiger partial charge in [0.2, 0.25) is 0 Å². The average molecular weight is 246 g/mol. The molecule has 17 heavy (non-hydrogen) atoms. The smallest absolute Gasteiger partial charge is 0.328 e. The van der Waals surface area contributed by atoms with E-state index in [0.29, 0.717) is 0 Å². The van der Waals surface area contributed by atoms with Crippen molar-refractivity contribution in [1.82, 2.24) is 10.2 Å². The molecule has 0 aliphatic heterocycles. The van der Waals surface area contributed by atoms with Crippen LogP contribution in [0.1, 0.15) is 20.3 Å². The second-order valence-corrected chi connectivity index (χ2v) is 3.57. The van der Waals surface area contributed by atoms with Crippen molar-refractivity contribution in [3.63, 3.8) is 0 Å². The summed E-state index contributed by atoms with van der Waals surface area (Å²) in [5, 5.41) is 11.2. The number of methoxy groups -OCH3 is 1. The number of rotatable bonds is 5. The normalized spacial score (nSPS) is 13.4. The molecule has 2 N–H and O–H groups in total. The molecule has 0 heterocycles. The van der Waals surface area contributed by atoms with Crippen LogP contribution in [0.15, 0.2) is 0 Å². The van der Waals surface area contributed by atoms with Gasteiger partial charge in [0.15, 0.2) is 0 Å². The van der Waals surface area contributed by atoms with E-state index in [2.05, 4.69) is 10.1 Å². The summed E-state index contributed by atoms with van der Waals surface area (Å²) in [6.07, 6.45) is 0.284. The first-order valence-corrected chi connectivity index (χ1v) is 5.19. The number of ether oxygens (including phenoxy) is 1. The minimum atomic E-state index is -1.09. The van der Waals surface area contributed by atoms with Crippen molar-refractivity contribution in [1.29, 1.82) is 0 Å². The van der Waals surface area contributed by atoms with Gasteiger partial charge < -0.3 is 20.1 Å². The van der Waals surface area contributed by atoms with Gasteiger partial charge in [-0.15, -0.1) is 0 Å². The summed E-state index contributed by atoms with van der Waals surface area (Å²) in [5.41, 5.74) is 0. The van der Waals surface area contributed by atoms with Crippen molar-refractivity contribution in [3.8, 4) is 0 Å². The largest absolute Gasteiger partial charge is 0.480 e. The molecular weight excluding hydrogens is 228 g/mol. The highest BCUT2D eigenvalue weighted by Gasteiger charge is 2.26. The molecule has 2 atom stereocenters. The molecule has 0 fully saturated rings. The van der Waals surface area contributed by atoms with Crippen molar-refractivity contribution in [2.24, 2.45) is 0 Å². The Hall–Kier alpha value is -1.79. The predicted octanol–water partition coefficient (Wildman–Crippen LogP) is 0.0525. The second-order valence-electron chi connectivity index (χ2n) is 3.57. The van der Waals surface area contributed by atoms with Gasteiger partial charge in [0.25, 0.3) is 0 Å². The lowest BCUT2D eigenvalue weighted by Crippen LogP contribution is -2.51. The summed E-state index contributed by atoms with van der Waals surface area (Å²) >= 11 is 0. The molecule has 0 aromatic rings. The van der Waals surface area contributed by atoms with E-state index in [4.69, 9.17) is 5.11 Å². The van der Waals surface area contributed by atoms with E-state index in [0.717, 1.165) is 4.90 Å². The third-order valence-corrected chi connectivity index (χ3v) is 2.35. The molecule has 0 aromatic carbocycles. The number of aliphatic carboxylic acids is 1. The fourth-order valence-corrected chi connectivity index (χ4v) is 1.28. The van der Waals surface area contributed by atoms with Gasteiger partial charge in [-0.3, -0.25) is 0 Å². The standard InChI is InChI=1S/C10H18N2O5/c1-5-7(8(13)14)12(3)10(16)11-6(2)9(15)17-4/h6-7H,5H2,1-4H3,(H,11,16)(H,13,14). The van der Waals surface area contributed by atoms with Crippen LogP contribution >= 0.6 is 0 Å². The summed E-state index contributed by atoms with van der Waals surface area (Å²) in [4.78, 5) is 34.6. The molecule has 2 unspecified atom stereocenters. The topological polar surface area (TPSA) is 95.9 Å².